The number of likely N-dealkylation sites (N-methyl/N-ethyl adjacent to an activating group) is 1. The van der Waals surface area contributed by atoms with E-state index in [4.69, 9.17) is 9.47 Å². The Hall–Kier alpha value is -3.72. The number of ether oxygens (including phenoxy) is 2. The molecular weight excluding hydrogens is 566 g/mol. The number of nitrogens with zero attached hydrogens (tertiary/aromatic N) is 2. The quantitative estimate of drug-likeness (QED) is 0.317. The van der Waals surface area contributed by atoms with Gasteiger partial charge in [-0.1, -0.05) is 67.6 Å². The topological polar surface area (TPSA) is 91.3 Å². The summed E-state index contributed by atoms with van der Waals surface area (Å²) >= 11 is 0. The molecule has 0 saturated heterocycles. The Balaban J connectivity index is 1.59. The van der Waals surface area contributed by atoms with Crippen molar-refractivity contribution in [1.82, 2.24) is 9.80 Å². The van der Waals surface area contributed by atoms with Gasteiger partial charge in [0.05, 0.1) is 36.8 Å². The van der Waals surface area contributed by atoms with Crippen molar-refractivity contribution >= 4 is 17.5 Å². The van der Waals surface area contributed by atoms with Crippen LogP contribution in [-0.2, 0) is 22.5 Å². The number of fused-ring (bicyclic) bond motifs is 1. The molecule has 45 heavy (non-hydrogen) atoms. The van der Waals surface area contributed by atoms with Gasteiger partial charge in [-0.15, -0.1) is 0 Å². The highest BCUT2D eigenvalue weighted by molar-refractivity contribution is 6.00. The van der Waals surface area contributed by atoms with Crippen molar-refractivity contribution in [3.05, 3.63) is 95.6 Å². The van der Waals surface area contributed by atoms with E-state index >= 15 is 0 Å². The minimum absolute atomic E-state index is 0.0128. The monoisotopic (exact) mass is 615 g/mol. The van der Waals surface area contributed by atoms with Crippen LogP contribution in [0.2, 0.25) is 0 Å². The van der Waals surface area contributed by atoms with E-state index in [0.717, 1.165) is 31.4 Å². The van der Waals surface area contributed by atoms with Gasteiger partial charge in [0.15, 0.2) is 0 Å². The maximum Gasteiger partial charge on any atom is 0.258 e. The Kier molecular flexibility index (Phi) is 13.0. The van der Waals surface area contributed by atoms with Crippen LogP contribution >= 0.6 is 0 Å². The molecule has 2 N–H and O–H groups in total. The van der Waals surface area contributed by atoms with Gasteiger partial charge >= 0.3 is 0 Å². The fraction of sp³-hybridized carbons (Fsp3) is 0.459. The summed E-state index contributed by atoms with van der Waals surface area (Å²) in [5, 5.41) is 13.2. The Morgan fingerprint density at radius 2 is 1.71 bits per heavy atom. The normalized spacial score (nSPS) is 20.5. The highest BCUT2D eigenvalue weighted by atomic mass is 16.5. The molecule has 242 valence electrons. The molecule has 0 saturated carbocycles. The molecule has 1 aliphatic rings. The van der Waals surface area contributed by atoms with E-state index < -0.39 is 6.04 Å². The molecule has 0 aromatic heterocycles. The third-order valence-corrected chi connectivity index (χ3v) is 8.33. The molecule has 1 aliphatic heterocycles. The lowest BCUT2D eigenvalue weighted by Crippen LogP contribution is -2.47. The number of rotatable bonds is 9. The van der Waals surface area contributed by atoms with Gasteiger partial charge < -0.3 is 24.8 Å². The lowest BCUT2D eigenvalue weighted by Gasteiger charge is -2.36. The predicted octanol–water partition coefficient (Wildman–Crippen LogP) is 5.80. The van der Waals surface area contributed by atoms with Crippen molar-refractivity contribution in [2.45, 2.75) is 71.2 Å². The lowest BCUT2D eigenvalue weighted by molar-refractivity contribution is -0.115. The Bertz CT molecular complexity index is 1350. The SMILES string of the molecule is C[C@@H]1CCCCO[C@@H](CN(C)Cc2ccccc2)[C@H](C)CN([C@H](C)CO)C(=O)c2cc(NC(=O)Cc3ccccc3)ccc2O1. The maximum absolute atomic E-state index is 14.3. The second kappa shape index (κ2) is 17.1. The first-order valence-electron chi connectivity index (χ1n) is 16.1. The van der Waals surface area contributed by atoms with Crippen molar-refractivity contribution in [3.63, 3.8) is 0 Å². The first-order valence-corrected chi connectivity index (χ1v) is 16.1. The average molecular weight is 616 g/mol. The molecule has 4 atom stereocenters. The summed E-state index contributed by atoms with van der Waals surface area (Å²) in [6.07, 6.45) is 2.66. The molecule has 4 rings (SSSR count). The second-order valence-electron chi connectivity index (χ2n) is 12.4. The van der Waals surface area contributed by atoms with E-state index in [0.29, 0.717) is 36.7 Å². The second-order valence-corrected chi connectivity index (χ2v) is 12.4. The largest absolute Gasteiger partial charge is 0.490 e. The van der Waals surface area contributed by atoms with E-state index in [2.05, 4.69) is 36.3 Å². The van der Waals surface area contributed by atoms with Crippen LogP contribution in [0.25, 0.3) is 0 Å². The number of benzene rings is 3. The van der Waals surface area contributed by atoms with Gasteiger partial charge in [0.25, 0.3) is 5.91 Å². The van der Waals surface area contributed by atoms with Crippen LogP contribution in [0, 0.1) is 5.92 Å². The van der Waals surface area contributed by atoms with Crippen LogP contribution in [0.4, 0.5) is 5.69 Å². The number of hydrogen-bond donors (Lipinski definition) is 2. The van der Waals surface area contributed by atoms with E-state index in [1.165, 1.54) is 5.56 Å². The number of nitrogens with one attached hydrogen (secondary N) is 1. The maximum atomic E-state index is 14.3. The smallest absolute Gasteiger partial charge is 0.258 e. The summed E-state index contributed by atoms with van der Waals surface area (Å²) in [6, 6.07) is 24.7. The number of aliphatic hydroxyl groups excluding tert-OH is 1. The van der Waals surface area contributed by atoms with Crippen molar-refractivity contribution in [2.24, 2.45) is 5.92 Å². The molecule has 0 radical (unpaired) electrons. The molecule has 3 aromatic carbocycles. The van der Waals surface area contributed by atoms with Gasteiger partial charge in [-0.25, -0.2) is 0 Å². The van der Waals surface area contributed by atoms with Crippen molar-refractivity contribution in [1.29, 1.82) is 0 Å². The Morgan fingerprint density at radius 3 is 2.40 bits per heavy atom. The van der Waals surface area contributed by atoms with Crippen LogP contribution in [-0.4, -0.2) is 78.3 Å². The first kappa shape index (κ1) is 34.2. The van der Waals surface area contributed by atoms with Gasteiger partial charge in [-0.2, -0.15) is 0 Å². The zero-order valence-corrected chi connectivity index (χ0v) is 27.2. The lowest BCUT2D eigenvalue weighted by atomic mass is 10.0. The molecule has 3 aromatic rings. The summed E-state index contributed by atoms with van der Waals surface area (Å²) < 4.78 is 12.8. The zero-order chi connectivity index (χ0) is 32.2. The molecule has 0 fully saturated rings. The predicted molar refractivity (Wildman–Crippen MR) is 178 cm³/mol. The van der Waals surface area contributed by atoms with Gasteiger partial charge in [0, 0.05) is 37.8 Å². The number of hydrogen-bond acceptors (Lipinski definition) is 6. The molecule has 0 unspecified atom stereocenters. The van der Waals surface area contributed by atoms with Crippen LogP contribution in [0.3, 0.4) is 0 Å². The van der Waals surface area contributed by atoms with Gasteiger partial charge in [-0.3, -0.25) is 14.5 Å². The highest BCUT2D eigenvalue weighted by Crippen LogP contribution is 2.28. The minimum Gasteiger partial charge on any atom is -0.490 e. The van der Waals surface area contributed by atoms with Crippen molar-refractivity contribution in [2.75, 3.05) is 38.7 Å². The van der Waals surface area contributed by atoms with Gasteiger partial charge in [0.1, 0.15) is 5.75 Å². The first-order chi connectivity index (χ1) is 21.7. The Morgan fingerprint density at radius 1 is 1.02 bits per heavy atom. The van der Waals surface area contributed by atoms with E-state index in [9.17, 15) is 14.7 Å². The van der Waals surface area contributed by atoms with Crippen LogP contribution in [0.5, 0.6) is 5.75 Å². The standard InChI is InChI=1S/C37H49N3O5/c1-27-23-40(28(2)26-41)37(43)33-22-32(38-36(42)21-30-14-7-5-8-15-30)18-19-34(33)45-29(3)13-11-12-20-44-35(27)25-39(4)24-31-16-9-6-10-17-31/h5-10,14-19,22,27-29,35,41H,11-13,20-21,23-26H2,1-4H3,(H,38,42)/t27-,28-,29-,35+/m1/s1. The molecular formula is C37H49N3O5. The molecule has 1 heterocycles. The van der Waals surface area contributed by atoms with Crippen molar-refractivity contribution in [3.8, 4) is 5.75 Å². The molecule has 2 amide bonds. The number of anilines is 1. The fourth-order valence-electron chi connectivity index (χ4n) is 5.72. The van der Waals surface area contributed by atoms with E-state index in [-0.39, 0.29) is 43.0 Å². The summed E-state index contributed by atoms with van der Waals surface area (Å²) in [6.45, 7) is 8.31. The summed E-state index contributed by atoms with van der Waals surface area (Å²) in [4.78, 5) is 31.2. The number of amides is 2. The van der Waals surface area contributed by atoms with E-state index in [1.807, 2.05) is 62.4 Å². The van der Waals surface area contributed by atoms with E-state index in [1.54, 1.807) is 23.1 Å². The minimum atomic E-state index is -0.433. The fourth-order valence-corrected chi connectivity index (χ4v) is 5.72. The molecule has 0 spiro atoms. The zero-order valence-electron chi connectivity index (χ0n) is 27.2. The number of aliphatic hydroxyl groups is 1. The average Bonchev–Trinajstić information content (AvgIpc) is 3.03. The van der Waals surface area contributed by atoms with Gasteiger partial charge in [-0.05, 0) is 69.5 Å². The molecule has 0 bridgehead atoms. The van der Waals surface area contributed by atoms with Crippen molar-refractivity contribution < 1.29 is 24.2 Å². The molecule has 8 nitrogen and oxygen atoms in total. The summed E-state index contributed by atoms with van der Waals surface area (Å²) in [5.74, 6) is 0.0424. The van der Waals surface area contributed by atoms with Gasteiger partial charge in [0.2, 0.25) is 5.91 Å². The third kappa shape index (κ3) is 10.4. The van der Waals surface area contributed by atoms with Crippen LogP contribution < -0.4 is 10.1 Å². The number of carbonyl (C=O) groups excluding carboxylic acids is 2. The van der Waals surface area contributed by atoms with Crippen LogP contribution in [0.15, 0.2) is 78.9 Å². The molecule has 8 heteroatoms. The Labute approximate surface area is 268 Å². The van der Waals surface area contributed by atoms with Crippen LogP contribution in [0.1, 0.15) is 61.5 Å². The number of carbonyl (C=O) groups is 2. The summed E-state index contributed by atoms with van der Waals surface area (Å²) in [7, 11) is 2.09. The molecule has 0 aliphatic carbocycles. The summed E-state index contributed by atoms with van der Waals surface area (Å²) in [5.41, 5.74) is 3.03. The third-order valence-electron chi connectivity index (χ3n) is 8.33. The highest BCUT2D eigenvalue weighted by Gasteiger charge is 2.30.